The first-order chi connectivity index (χ1) is 21.8. The molecule has 1 fully saturated rings. The second kappa shape index (κ2) is 14.3. The molecule has 0 spiro atoms. The van der Waals surface area contributed by atoms with Crippen molar-refractivity contribution in [2.24, 2.45) is 0 Å². The number of aromatic nitrogens is 2. The maximum atomic E-state index is 14.6. The first-order valence-corrected chi connectivity index (χ1v) is 14.4. The summed E-state index contributed by atoms with van der Waals surface area (Å²) in [6.07, 6.45) is 2.36. The molecule has 0 unspecified atom stereocenters. The fourth-order valence-electron chi connectivity index (χ4n) is 4.86. The molecule has 0 saturated carbocycles. The molecule has 5 rings (SSSR count). The van der Waals surface area contributed by atoms with Crippen LogP contribution in [0.2, 0.25) is 0 Å². The number of amides is 3. The number of benzene rings is 3. The molecule has 1 aliphatic heterocycles. The smallest absolute Gasteiger partial charge is 0.327 e. The minimum Gasteiger partial charge on any atom is -0.494 e. The van der Waals surface area contributed by atoms with Gasteiger partial charge in [-0.1, -0.05) is 36.9 Å². The van der Waals surface area contributed by atoms with E-state index in [9.17, 15) is 14.0 Å². The number of carbonyl (C=O) groups excluding carboxylic acids is 2. The lowest BCUT2D eigenvalue weighted by molar-refractivity contribution is -0.111. The third kappa shape index (κ3) is 7.73. The van der Waals surface area contributed by atoms with E-state index in [4.69, 9.17) is 4.74 Å². The van der Waals surface area contributed by atoms with Crippen LogP contribution in [0.5, 0.6) is 5.75 Å². The van der Waals surface area contributed by atoms with Crippen molar-refractivity contribution in [3.05, 3.63) is 103 Å². The highest BCUT2D eigenvalue weighted by Crippen LogP contribution is 2.34. The van der Waals surface area contributed by atoms with Crippen LogP contribution >= 0.6 is 0 Å². The van der Waals surface area contributed by atoms with Crippen LogP contribution in [0, 0.1) is 5.82 Å². The third-order valence-electron chi connectivity index (χ3n) is 7.34. The molecule has 1 aromatic heterocycles. The average molecular weight is 611 g/mol. The molecular weight excluding hydrogens is 575 g/mol. The van der Waals surface area contributed by atoms with Crippen molar-refractivity contribution in [3.63, 3.8) is 0 Å². The van der Waals surface area contributed by atoms with E-state index in [0.717, 1.165) is 43.5 Å². The largest absolute Gasteiger partial charge is 0.494 e. The summed E-state index contributed by atoms with van der Waals surface area (Å²) in [5.74, 6) is -0.0272. The molecular formula is C33H35FN8O3. The van der Waals surface area contributed by atoms with Gasteiger partial charge in [0.05, 0.1) is 24.2 Å². The van der Waals surface area contributed by atoms with Gasteiger partial charge in [0.25, 0.3) is 0 Å². The lowest BCUT2D eigenvalue weighted by Gasteiger charge is -2.34. The van der Waals surface area contributed by atoms with Crippen LogP contribution in [0.25, 0.3) is 0 Å². The van der Waals surface area contributed by atoms with Gasteiger partial charge in [0.15, 0.2) is 0 Å². The van der Waals surface area contributed by atoms with Gasteiger partial charge in [0.1, 0.15) is 29.5 Å². The SMILES string of the molecule is C=CC(=O)Nc1cc(N(C(=O)NCc2ccccc2)c2cc(Nc3ccc(N4CCN(C)CC4)cc3OC)ncn2)ccc1F. The van der Waals surface area contributed by atoms with Crippen LogP contribution in [0.3, 0.4) is 0 Å². The highest BCUT2D eigenvalue weighted by molar-refractivity contribution is 6.02. The summed E-state index contributed by atoms with van der Waals surface area (Å²) in [7, 11) is 3.72. The summed E-state index contributed by atoms with van der Waals surface area (Å²) in [6, 6.07) is 20.4. The van der Waals surface area contributed by atoms with E-state index in [1.54, 1.807) is 13.2 Å². The van der Waals surface area contributed by atoms with Crippen molar-refractivity contribution in [1.82, 2.24) is 20.2 Å². The third-order valence-corrected chi connectivity index (χ3v) is 7.34. The number of piperazine rings is 1. The van der Waals surface area contributed by atoms with Crippen molar-refractivity contribution in [1.29, 1.82) is 0 Å². The van der Waals surface area contributed by atoms with E-state index in [2.05, 4.69) is 49.3 Å². The molecule has 1 aliphatic rings. The van der Waals surface area contributed by atoms with E-state index in [-0.39, 0.29) is 23.7 Å². The summed E-state index contributed by atoms with van der Waals surface area (Å²) in [5, 5.41) is 8.60. The number of anilines is 6. The number of hydrogen-bond donors (Lipinski definition) is 3. The number of likely N-dealkylation sites (N-methyl/N-ethyl adjacent to an activating group) is 1. The minimum absolute atomic E-state index is 0.115. The second-order valence-electron chi connectivity index (χ2n) is 10.4. The molecule has 0 bridgehead atoms. The Morgan fingerprint density at radius 1 is 1.00 bits per heavy atom. The lowest BCUT2D eigenvalue weighted by Crippen LogP contribution is -2.44. The number of ether oxygens (including phenoxy) is 1. The Labute approximate surface area is 261 Å². The summed E-state index contributed by atoms with van der Waals surface area (Å²) >= 11 is 0. The fourth-order valence-corrected chi connectivity index (χ4v) is 4.86. The maximum Gasteiger partial charge on any atom is 0.327 e. The van der Waals surface area contributed by atoms with E-state index in [1.165, 1.54) is 29.4 Å². The standard InChI is InChI=1S/C33H35FN8O3/c1-4-32(43)39-28-18-25(10-12-26(28)34)42(33(44)35-21-23-8-6-5-7-9-23)31-20-30(36-22-37-31)38-27-13-11-24(19-29(27)45-3)41-16-14-40(2)15-17-41/h4-13,18-20,22H,1,14-17,21H2,2-3H3,(H,35,44)(H,39,43)(H,36,37,38). The summed E-state index contributed by atoms with van der Waals surface area (Å²) in [4.78, 5) is 40.2. The van der Waals surface area contributed by atoms with Crippen molar-refractivity contribution in [3.8, 4) is 5.75 Å². The molecule has 1 saturated heterocycles. The Bertz CT molecular complexity index is 1660. The van der Waals surface area contributed by atoms with Gasteiger partial charge in [0, 0.05) is 50.5 Å². The van der Waals surface area contributed by atoms with Gasteiger partial charge >= 0.3 is 6.03 Å². The summed E-state index contributed by atoms with van der Waals surface area (Å²) in [5.41, 5.74) is 2.78. The van der Waals surface area contributed by atoms with E-state index in [0.29, 0.717) is 17.3 Å². The topological polar surface area (TPSA) is 115 Å². The molecule has 45 heavy (non-hydrogen) atoms. The van der Waals surface area contributed by atoms with Crippen LogP contribution in [0.1, 0.15) is 5.56 Å². The quantitative estimate of drug-likeness (QED) is 0.208. The highest BCUT2D eigenvalue weighted by Gasteiger charge is 2.22. The normalized spacial score (nSPS) is 13.1. The molecule has 11 nitrogen and oxygen atoms in total. The molecule has 12 heteroatoms. The van der Waals surface area contributed by atoms with Crippen LogP contribution in [0.15, 0.2) is 91.8 Å². The average Bonchev–Trinajstić information content (AvgIpc) is 3.06. The number of nitrogens with one attached hydrogen (secondary N) is 3. The van der Waals surface area contributed by atoms with Crippen LogP contribution < -0.4 is 30.5 Å². The molecule has 4 aromatic rings. The molecule has 3 amide bonds. The van der Waals surface area contributed by atoms with Crippen LogP contribution in [-0.2, 0) is 11.3 Å². The van der Waals surface area contributed by atoms with Crippen molar-refractivity contribution in [2.45, 2.75) is 6.54 Å². The first-order valence-electron chi connectivity index (χ1n) is 14.4. The summed E-state index contributed by atoms with van der Waals surface area (Å²) < 4.78 is 20.3. The predicted molar refractivity (Wildman–Crippen MR) is 174 cm³/mol. The zero-order valence-electron chi connectivity index (χ0n) is 25.2. The van der Waals surface area contributed by atoms with Crippen molar-refractivity contribution in [2.75, 3.05) is 60.8 Å². The molecule has 0 radical (unpaired) electrons. The monoisotopic (exact) mass is 610 g/mol. The van der Waals surface area contributed by atoms with Gasteiger partial charge in [-0.15, -0.1) is 0 Å². The number of nitrogens with zero attached hydrogens (tertiary/aromatic N) is 5. The molecule has 2 heterocycles. The first kappa shape index (κ1) is 31.0. The fraction of sp³-hybridized carbons (Fsp3) is 0.212. The molecule has 0 atom stereocenters. The summed E-state index contributed by atoms with van der Waals surface area (Å²) in [6.45, 7) is 7.47. The van der Waals surface area contributed by atoms with Crippen molar-refractivity contribution >= 4 is 46.3 Å². The number of methoxy groups -OCH3 is 1. The Morgan fingerprint density at radius 2 is 1.78 bits per heavy atom. The number of carbonyl (C=O) groups is 2. The van der Waals surface area contributed by atoms with Gasteiger partial charge in [-0.05, 0) is 49.0 Å². The van der Waals surface area contributed by atoms with Gasteiger partial charge in [-0.2, -0.15) is 0 Å². The van der Waals surface area contributed by atoms with Gasteiger partial charge in [-0.3, -0.25) is 4.79 Å². The number of rotatable bonds is 10. The zero-order valence-corrected chi connectivity index (χ0v) is 25.2. The predicted octanol–water partition coefficient (Wildman–Crippen LogP) is 5.29. The molecule has 3 N–H and O–H groups in total. The number of halogens is 1. The minimum atomic E-state index is -0.671. The molecule has 3 aromatic carbocycles. The Kier molecular flexibility index (Phi) is 9.85. The highest BCUT2D eigenvalue weighted by atomic mass is 19.1. The number of hydrogen-bond acceptors (Lipinski definition) is 8. The van der Waals surface area contributed by atoms with E-state index >= 15 is 0 Å². The Balaban J connectivity index is 1.44. The van der Waals surface area contributed by atoms with E-state index in [1.807, 2.05) is 48.5 Å². The molecule has 0 aliphatic carbocycles. The van der Waals surface area contributed by atoms with Gasteiger partial charge < -0.3 is 30.5 Å². The van der Waals surface area contributed by atoms with Crippen molar-refractivity contribution < 1.29 is 18.7 Å². The maximum absolute atomic E-state index is 14.6. The van der Waals surface area contributed by atoms with Crippen LogP contribution in [0.4, 0.5) is 43.6 Å². The van der Waals surface area contributed by atoms with E-state index < -0.39 is 17.8 Å². The Morgan fingerprint density at radius 3 is 2.51 bits per heavy atom. The van der Waals surface area contributed by atoms with Crippen LogP contribution in [-0.4, -0.2) is 67.1 Å². The van der Waals surface area contributed by atoms with Gasteiger partial charge in [-0.25, -0.2) is 24.1 Å². The Hall–Kier alpha value is -5.49. The van der Waals surface area contributed by atoms with Gasteiger partial charge in [0.2, 0.25) is 5.91 Å². The number of urea groups is 1. The second-order valence-corrected chi connectivity index (χ2v) is 10.4. The zero-order chi connectivity index (χ0) is 31.8. The molecule has 232 valence electrons. The lowest BCUT2D eigenvalue weighted by atomic mass is 10.2.